The minimum Gasteiger partial charge on any atom is -0.277 e. The van der Waals surface area contributed by atoms with E-state index in [-0.39, 0.29) is 0 Å². The summed E-state index contributed by atoms with van der Waals surface area (Å²) in [7, 11) is 0. The van der Waals surface area contributed by atoms with Crippen LogP contribution in [0.25, 0.3) is 95.1 Å². The largest absolute Gasteiger partial charge is 0.277 e. The van der Waals surface area contributed by atoms with Crippen LogP contribution in [-0.2, 0) is 0 Å². The second kappa shape index (κ2) is 12.8. The van der Waals surface area contributed by atoms with Crippen LogP contribution >= 0.6 is 0 Å². The lowest BCUT2D eigenvalue weighted by atomic mass is 10.0. The van der Waals surface area contributed by atoms with Crippen molar-refractivity contribution >= 4 is 27.2 Å². The zero-order valence-corrected chi connectivity index (χ0v) is 28.6. The molecule has 0 radical (unpaired) electrons. The molecule has 3 heterocycles. The zero-order chi connectivity index (χ0) is 35.1. The molecule has 0 spiro atoms. The van der Waals surface area contributed by atoms with E-state index in [9.17, 15) is 0 Å². The lowest BCUT2D eigenvalue weighted by Crippen LogP contribution is -2.03. The third kappa shape index (κ3) is 5.52. The van der Waals surface area contributed by atoms with Crippen molar-refractivity contribution in [2.45, 2.75) is 0 Å². The Morgan fingerprint density at radius 3 is 1.55 bits per heavy atom. The molecule has 5 nitrogen and oxygen atoms in total. The number of nitrogens with zero attached hydrogens (tertiary/aromatic N) is 5. The summed E-state index contributed by atoms with van der Waals surface area (Å²) < 4.78 is 2.22. The molecule has 0 unspecified atom stereocenters. The molecule has 0 amide bonds. The molecule has 0 saturated carbocycles. The van der Waals surface area contributed by atoms with Crippen LogP contribution in [0.5, 0.6) is 0 Å². The van der Waals surface area contributed by atoms with Crippen LogP contribution in [0.1, 0.15) is 0 Å². The molecule has 5 heteroatoms. The highest BCUT2D eigenvalue weighted by Crippen LogP contribution is 2.38. The predicted molar refractivity (Wildman–Crippen MR) is 216 cm³/mol. The van der Waals surface area contributed by atoms with Crippen molar-refractivity contribution in [2.75, 3.05) is 0 Å². The molecular weight excluding hydrogens is 647 g/mol. The average molecular weight is 678 g/mol. The first-order valence-electron chi connectivity index (χ1n) is 17.7. The first-order valence-corrected chi connectivity index (χ1v) is 17.7. The number of aromatic nitrogens is 5. The van der Waals surface area contributed by atoms with Crippen LogP contribution < -0.4 is 0 Å². The summed E-state index contributed by atoms with van der Waals surface area (Å²) in [6.07, 6.45) is 0. The summed E-state index contributed by atoms with van der Waals surface area (Å²) in [6.45, 7) is 0. The van der Waals surface area contributed by atoms with Gasteiger partial charge in [-0.3, -0.25) is 4.40 Å². The van der Waals surface area contributed by atoms with E-state index in [0.29, 0.717) is 11.6 Å². The fraction of sp³-hybridized carbons (Fsp3) is 0. The molecule has 0 aliphatic heterocycles. The molecule has 0 aliphatic carbocycles. The van der Waals surface area contributed by atoms with Gasteiger partial charge in [0.1, 0.15) is 11.5 Å². The second-order valence-corrected chi connectivity index (χ2v) is 13.1. The summed E-state index contributed by atoms with van der Waals surface area (Å²) in [5.74, 6) is 2.19. The Labute approximate surface area is 306 Å². The maximum Gasteiger partial charge on any atom is 0.163 e. The quantitative estimate of drug-likeness (QED) is 0.176. The van der Waals surface area contributed by atoms with Gasteiger partial charge in [0.15, 0.2) is 11.6 Å². The Kier molecular flexibility index (Phi) is 7.40. The monoisotopic (exact) mass is 677 g/mol. The van der Waals surface area contributed by atoms with Gasteiger partial charge >= 0.3 is 0 Å². The van der Waals surface area contributed by atoms with Crippen LogP contribution in [0, 0.1) is 0 Å². The number of hydrogen-bond acceptors (Lipinski definition) is 4. The van der Waals surface area contributed by atoms with Crippen LogP contribution in [-0.4, -0.2) is 24.3 Å². The van der Waals surface area contributed by atoms with Crippen molar-refractivity contribution < 1.29 is 0 Å². The van der Waals surface area contributed by atoms with Crippen LogP contribution in [0.2, 0.25) is 0 Å². The lowest BCUT2D eigenvalue weighted by Gasteiger charge is -2.13. The SMILES string of the molecule is c1ccc(-c2nc(-c3ccc(-c4nc(-c5ccccc5)n5c(-c6ccccc6)c6ccccc6c5n4)cc3)cc(-c3ccc4ccccc4c3)n2)cc1. The highest BCUT2D eigenvalue weighted by Gasteiger charge is 2.21. The Morgan fingerprint density at radius 1 is 0.321 bits per heavy atom. The van der Waals surface area contributed by atoms with Crippen molar-refractivity contribution in [1.29, 1.82) is 0 Å². The molecule has 0 bridgehead atoms. The molecule has 3 aromatic heterocycles. The number of benzene rings is 7. The maximum absolute atomic E-state index is 5.28. The minimum absolute atomic E-state index is 0.662. The molecule has 0 aliphatic rings. The Balaban J connectivity index is 1.12. The summed E-state index contributed by atoms with van der Waals surface area (Å²) in [5, 5.41) is 4.59. The molecule has 0 N–H and O–H groups in total. The van der Waals surface area contributed by atoms with Crippen molar-refractivity contribution in [3.63, 3.8) is 0 Å². The lowest BCUT2D eigenvalue weighted by molar-refractivity contribution is 1.05. The predicted octanol–water partition coefficient (Wildman–Crippen LogP) is 11.8. The van der Waals surface area contributed by atoms with Gasteiger partial charge in [0.2, 0.25) is 0 Å². The Hall–Kier alpha value is -7.24. The van der Waals surface area contributed by atoms with Gasteiger partial charge in [-0.2, -0.15) is 0 Å². The van der Waals surface area contributed by atoms with E-state index in [0.717, 1.165) is 72.7 Å². The van der Waals surface area contributed by atoms with E-state index in [1.165, 1.54) is 10.8 Å². The third-order valence-corrected chi connectivity index (χ3v) is 9.82. The van der Waals surface area contributed by atoms with E-state index < -0.39 is 0 Å². The molecule has 10 aromatic rings. The molecule has 0 atom stereocenters. The van der Waals surface area contributed by atoms with Gasteiger partial charge in [-0.1, -0.05) is 176 Å². The van der Waals surface area contributed by atoms with Crippen molar-refractivity contribution in [1.82, 2.24) is 24.3 Å². The third-order valence-electron chi connectivity index (χ3n) is 9.82. The topological polar surface area (TPSA) is 56.0 Å². The molecule has 7 aromatic carbocycles. The summed E-state index contributed by atoms with van der Waals surface area (Å²) in [4.78, 5) is 20.7. The first kappa shape index (κ1) is 30.6. The summed E-state index contributed by atoms with van der Waals surface area (Å²) in [5.41, 5.74) is 9.73. The van der Waals surface area contributed by atoms with Gasteiger partial charge in [-0.15, -0.1) is 0 Å². The van der Waals surface area contributed by atoms with E-state index >= 15 is 0 Å². The average Bonchev–Trinajstić information content (AvgIpc) is 3.58. The normalized spacial score (nSPS) is 11.4. The molecule has 248 valence electrons. The molecular formula is C48H31N5. The van der Waals surface area contributed by atoms with Gasteiger partial charge in [0.05, 0.1) is 17.1 Å². The fourth-order valence-electron chi connectivity index (χ4n) is 7.21. The second-order valence-electron chi connectivity index (χ2n) is 13.1. The van der Waals surface area contributed by atoms with Crippen LogP contribution in [0.15, 0.2) is 188 Å². The zero-order valence-electron chi connectivity index (χ0n) is 28.6. The van der Waals surface area contributed by atoms with Crippen molar-refractivity contribution in [3.05, 3.63) is 188 Å². The highest BCUT2D eigenvalue weighted by atomic mass is 15.1. The molecule has 0 saturated heterocycles. The van der Waals surface area contributed by atoms with Crippen LogP contribution in [0.3, 0.4) is 0 Å². The fourth-order valence-corrected chi connectivity index (χ4v) is 7.21. The number of fused-ring (bicyclic) bond motifs is 4. The number of hydrogen-bond donors (Lipinski definition) is 0. The van der Waals surface area contributed by atoms with E-state index in [4.69, 9.17) is 19.9 Å². The van der Waals surface area contributed by atoms with Crippen molar-refractivity contribution in [2.24, 2.45) is 0 Å². The van der Waals surface area contributed by atoms with Gasteiger partial charge in [0, 0.05) is 38.6 Å². The highest BCUT2D eigenvalue weighted by molar-refractivity contribution is 6.06. The minimum atomic E-state index is 0.662. The number of rotatable bonds is 6. The van der Waals surface area contributed by atoms with E-state index in [1.54, 1.807) is 0 Å². The standard InChI is InChI=1S/C48H31N5/c1-4-15-34(16-5-1)44-40-22-12-13-23-41(40)48-52-46(51-47(53(44)48)37-19-8-3-9-20-37)36-27-25-33(26-28-36)42-31-43(50-45(49-42)35-17-6-2-7-18-35)39-29-24-32-14-10-11-21-38(32)30-39/h1-31H. The summed E-state index contributed by atoms with van der Waals surface area (Å²) >= 11 is 0. The molecule has 0 fully saturated rings. The van der Waals surface area contributed by atoms with Crippen LogP contribution in [0.4, 0.5) is 0 Å². The van der Waals surface area contributed by atoms with E-state index in [1.807, 2.05) is 30.3 Å². The van der Waals surface area contributed by atoms with Gasteiger partial charge in [-0.25, -0.2) is 19.9 Å². The maximum atomic E-state index is 5.28. The Bertz CT molecular complexity index is 2920. The smallest absolute Gasteiger partial charge is 0.163 e. The Morgan fingerprint density at radius 2 is 0.830 bits per heavy atom. The van der Waals surface area contributed by atoms with E-state index in [2.05, 4.69) is 162 Å². The van der Waals surface area contributed by atoms with Gasteiger partial charge in [0.25, 0.3) is 0 Å². The van der Waals surface area contributed by atoms with Gasteiger partial charge in [-0.05, 0) is 28.5 Å². The summed E-state index contributed by atoms with van der Waals surface area (Å²) in [6, 6.07) is 64.9. The first-order chi connectivity index (χ1) is 26.3. The van der Waals surface area contributed by atoms with Crippen molar-refractivity contribution in [3.8, 4) is 67.9 Å². The molecule has 10 rings (SSSR count). The molecule has 53 heavy (non-hydrogen) atoms. The van der Waals surface area contributed by atoms with Gasteiger partial charge < -0.3 is 0 Å².